The van der Waals surface area contributed by atoms with Crippen LogP contribution in [0.3, 0.4) is 0 Å². The van der Waals surface area contributed by atoms with Crippen molar-refractivity contribution in [3.8, 4) is 0 Å². The minimum Gasteiger partial charge on any atom is -0.385 e. The molecule has 0 bridgehead atoms. The Kier molecular flexibility index (Phi) is 17.6. The average Bonchev–Trinajstić information content (AvgIpc) is 2.70. The van der Waals surface area contributed by atoms with Gasteiger partial charge in [-0.25, -0.2) is 0 Å². The number of likely N-dealkylation sites (N-methyl/N-ethyl adjacent to an activating group) is 1. The number of nitrogens with zero attached hydrogens (tertiary/aromatic N) is 3. The monoisotopic (exact) mass is 513 g/mol. The first kappa shape index (κ1) is 27.8. The third-order valence-electron chi connectivity index (χ3n) is 5.48. The molecule has 168 valence electrons. The number of rotatable bonds is 13. The van der Waals surface area contributed by atoms with Crippen LogP contribution in [0.1, 0.15) is 33.1 Å². The van der Waals surface area contributed by atoms with Gasteiger partial charge in [0, 0.05) is 66.1 Å². The second-order valence-electron chi connectivity index (χ2n) is 7.32. The summed E-state index contributed by atoms with van der Waals surface area (Å²) in [6.45, 7) is 13.0. The van der Waals surface area contributed by atoms with Gasteiger partial charge in [0.25, 0.3) is 0 Å². The fourth-order valence-electron chi connectivity index (χ4n) is 3.71. The highest BCUT2D eigenvalue weighted by atomic mass is 127. The van der Waals surface area contributed by atoms with Crippen LogP contribution in [0.2, 0.25) is 0 Å². The molecule has 1 atom stereocenters. The average molecular weight is 514 g/mol. The summed E-state index contributed by atoms with van der Waals surface area (Å²) in [7, 11) is 5.75. The van der Waals surface area contributed by atoms with Crippen molar-refractivity contribution in [1.29, 1.82) is 0 Å². The Morgan fingerprint density at radius 2 is 1.86 bits per heavy atom. The minimum atomic E-state index is 0. The summed E-state index contributed by atoms with van der Waals surface area (Å²) in [5.74, 6) is 1.59. The van der Waals surface area contributed by atoms with Gasteiger partial charge >= 0.3 is 0 Å². The zero-order valence-electron chi connectivity index (χ0n) is 18.7. The number of guanidine groups is 1. The van der Waals surface area contributed by atoms with Gasteiger partial charge in [-0.2, -0.15) is 0 Å². The number of nitrogens with one attached hydrogen (secondary N) is 2. The highest BCUT2D eigenvalue weighted by molar-refractivity contribution is 14.0. The van der Waals surface area contributed by atoms with Crippen molar-refractivity contribution in [3.63, 3.8) is 0 Å². The summed E-state index contributed by atoms with van der Waals surface area (Å²) in [6.07, 6.45) is 3.48. The lowest BCUT2D eigenvalue weighted by Crippen LogP contribution is -2.53. The summed E-state index contributed by atoms with van der Waals surface area (Å²) >= 11 is 0. The van der Waals surface area contributed by atoms with E-state index in [1.54, 1.807) is 7.11 Å². The second-order valence-corrected chi connectivity index (χ2v) is 7.32. The second kappa shape index (κ2) is 17.7. The number of aliphatic imine (C=N–C) groups is 1. The lowest BCUT2D eigenvalue weighted by Gasteiger charge is -2.39. The van der Waals surface area contributed by atoms with Crippen LogP contribution in [0.4, 0.5) is 0 Å². The fraction of sp³-hybridized carbons (Fsp3) is 0.950. The van der Waals surface area contributed by atoms with Crippen LogP contribution >= 0.6 is 24.0 Å². The number of morpholine rings is 1. The van der Waals surface area contributed by atoms with Gasteiger partial charge in [-0.1, -0.05) is 26.7 Å². The van der Waals surface area contributed by atoms with E-state index >= 15 is 0 Å². The van der Waals surface area contributed by atoms with Gasteiger partial charge in [-0.15, -0.1) is 24.0 Å². The van der Waals surface area contributed by atoms with Gasteiger partial charge < -0.3 is 25.0 Å². The molecule has 0 spiro atoms. The van der Waals surface area contributed by atoms with Crippen LogP contribution in [0.5, 0.6) is 0 Å². The maximum atomic E-state index is 5.54. The van der Waals surface area contributed by atoms with E-state index in [2.05, 4.69) is 46.3 Å². The van der Waals surface area contributed by atoms with Crippen LogP contribution < -0.4 is 10.6 Å². The van der Waals surface area contributed by atoms with E-state index in [-0.39, 0.29) is 24.0 Å². The van der Waals surface area contributed by atoms with Crippen molar-refractivity contribution in [2.45, 2.75) is 39.2 Å². The summed E-state index contributed by atoms with van der Waals surface area (Å²) in [6, 6.07) is 0.527. The van der Waals surface area contributed by atoms with Crippen molar-refractivity contribution in [2.24, 2.45) is 10.9 Å². The molecule has 0 saturated carbocycles. The predicted molar refractivity (Wildman–Crippen MR) is 129 cm³/mol. The Hall–Kier alpha value is -0.160. The van der Waals surface area contributed by atoms with Crippen LogP contribution in [0, 0.1) is 5.92 Å². The molecule has 0 amide bonds. The zero-order valence-corrected chi connectivity index (χ0v) is 21.0. The normalized spacial score (nSPS) is 16.9. The quantitative estimate of drug-likeness (QED) is 0.170. The van der Waals surface area contributed by atoms with Crippen molar-refractivity contribution in [2.75, 3.05) is 80.3 Å². The first-order valence-corrected chi connectivity index (χ1v) is 10.6. The summed E-state index contributed by atoms with van der Waals surface area (Å²) in [5, 5.41) is 7.01. The maximum Gasteiger partial charge on any atom is 0.191 e. The standard InChI is InChI=1S/C20H43N5O2.HI/c1-6-18(7-2)19(25-12-15-27-16-13-25)17-23-20(21-3)22-9-11-24(4)10-8-14-26-5;/h18-19H,6-17H2,1-5H3,(H2,21,22,23);1H. The van der Waals surface area contributed by atoms with Gasteiger partial charge in [0.2, 0.25) is 0 Å². The molecule has 1 fully saturated rings. The predicted octanol–water partition coefficient (Wildman–Crippen LogP) is 1.87. The number of halogens is 1. The summed E-state index contributed by atoms with van der Waals surface area (Å²) < 4.78 is 10.7. The van der Waals surface area contributed by atoms with E-state index < -0.39 is 0 Å². The molecule has 1 saturated heterocycles. The Morgan fingerprint density at radius 1 is 1.18 bits per heavy atom. The number of methoxy groups -OCH3 is 1. The molecule has 0 radical (unpaired) electrons. The topological polar surface area (TPSA) is 61.4 Å². The SMILES string of the molecule is CCC(CC)C(CNC(=NC)NCCN(C)CCCOC)N1CCOCC1.I. The molecule has 0 aromatic rings. The fourth-order valence-corrected chi connectivity index (χ4v) is 3.71. The van der Waals surface area contributed by atoms with Crippen molar-refractivity contribution in [1.82, 2.24) is 20.4 Å². The molecule has 7 nitrogen and oxygen atoms in total. The third kappa shape index (κ3) is 11.1. The molecule has 0 aromatic heterocycles. The number of hydrogen-bond acceptors (Lipinski definition) is 5. The van der Waals surface area contributed by atoms with Crippen molar-refractivity contribution >= 4 is 29.9 Å². The molecular formula is C20H44IN5O2. The zero-order chi connectivity index (χ0) is 19.9. The summed E-state index contributed by atoms with van der Waals surface area (Å²) in [5.41, 5.74) is 0. The molecule has 28 heavy (non-hydrogen) atoms. The summed E-state index contributed by atoms with van der Waals surface area (Å²) in [4.78, 5) is 9.31. The molecule has 8 heteroatoms. The van der Waals surface area contributed by atoms with E-state index in [4.69, 9.17) is 9.47 Å². The molecule has 1 rings (SSSR count). The van der Waals surface area contributed by atoms with Gasteiger partial charge in [0.15, 0.2) is 5.96 Å². The Labute approximate surface area is 190 Å². The van der Waals surface area contributed by atoms with Crippen LogP contribution in [-0.2, 0) is 9.47 Å². The molecule has 1 aliphatic heterocycles. The van der Waals surface area contributed by atoms with E-state index in [0.717, 1.165) is 71.5 Å². The molecule has 0 aromatic carbocycles. The molecule has 1 heterocycles. The van der Waals surface area contributed by atoms with E-state index in [1.807, 2.05) is 7.05 Å². The van der Waals surface area contributed by atoms with Crippen molar-refractivity contribution in [3.05, 3.63) is 0 Å². The van der Waals surface area contributed by atoms with Gasteiger partial charge in [-0.05, 0) is 19.4 Å². The van der Waals surface area contributed by atoms with E-state index in [1.165, 1.54) is 12.8 Å². The lowest BCUT2D eigenvalue weighted by molar-refractivity contribution is 0.00272. The Balaban J connectivity index is 0.00000729. The van der Waals surface area contributed by atoms with Crippen LogP contribution in [0.15, 0.2) is 4.99 Å². The first-order valence-electron chi connectivity index (χ1n) is 10.6. The maximum absolute atomic E-state index is 5.54. The number of hydrogen-bond donors (Lipinski definition) is 2. The van der Waals surface area contributed by atoms with Crippen LogP contribution in [-0.4, -0.2) is 102 Å². The third-order valence-corrected chi connectivity index (χ3v) is 5.48. The Bertz CT molecular complexity index is 391. The van der Waals surface area contributed by atoms with E-state index in [0.29, 0.717) is 12.0 Å². The van der Waals surface area contributed by atoms with Gasteiger partial charge in [-0.3, -0.25) is 9.89 Å². The van der Waals surface area contributed by atoms with Crippen LogP contribution in [0.25, 0.3) is 0 Å². The Morgan fingerprint density at radius 3 is 2.43 bits per heavy atom. The van der Waals surface area contributed by atoms with E-state index in [9.17, 15) is 0 Å². The molecule has 1 unspecified atom stereocenters. The number of ether oxygens (including phenoxy) is 2. The van der Waals surface area contributed by atoms with Gasteiger partial charge in [0.05, 0.1) is 13.2 Å². The highest BCUT2D eigenvalue weighted by Crippen LogP contribution is 2.19. The van der Waals surface area contributed by atoms with Gasteiger partial charge in [0.1, 0.15) is 0 Å². The molecular weight excluding hydrogens is 469 g/mol. The lowest BCUT2D eigenvalue weighted by atomic mass is 9.92. The smallest absolute Gasteiger partial charge is 0.191 e. The first-order chi connectivity index (χ1) is 13.2. The minimum absolute atomic E-state index is 0. The largest absolute Gasteiger partial charge is 0.385 e. The molecule has 1 aliphatic rings. The molecule has 0 aliphatic carbocycles. The van der Waals surface area contributed by atoms with Crippen molar-refractivity contribution < 1.29 is 9.47 Å². The highest BCUT2D eigenvalue weighted by Gasteiger charge is 2.26. The molecule has 2 N–H and O–H groups in total.